The Bertz CT molecular complexity index is 1210. The summed E-state index contributed by atoms with van der Waals surface area (Å²) in [4.78, 5) is 32.0. The summed E-state index contributed by atoms with van der Waals surface area (Å²) < 4.78 is 2.20. The summed E-state index contributed by atoms with van der Waals surface area (Å²) in [5, 5.41) is 5.95. The van der Waals surface area contributed by atoms with E-state index in [-0.39, 0.29) is 5.91 Å². The molecule has 0 aliphatic carbocycles. The summed E-state index contributed by atoms with van der Waals surface area (Å²) in [7, 11) is 0. The number of amides is 1. The van der Waals surface area contributed by atoms with E-state index in [0.29, 0.717) is 22.2 Å². The number of carbonyl (C=O) groups is 1. The zero-order valence-corrected chi connectivity index (χ0v) is 25.1. The lowest BCUT2D eigenvalue weighted by Crippen LogP contribution is -2.21. The van der Waals surface area contributed by atoms with Crippen molar-refractivity contribution in [2.24, 2.45) is 9.98 Å². The van der Waals surface area contributed by atoms with E-state index in [1.54, 1.807) is 0 Å². The van der Waals surface area contributed by atoms with Gasteiger partial charge in [-0.2, -0.15) is 0 Å². The number of hydrogen-bond donors (Lipinski definition) is 1. The van der Waals surface area contributed by atoms with Crippen LogP contribution in [0.15, 0.2) is 28.2 Å². The second-order valence-electron chi connectivity index (χ2n) is 8.27. The largest absolute Gasteiger partial charge is 0.372 e. The summed E-state index contributed by atoms with van der Waals surface area (Å²) in [6, 6.07) is 5.98. The van der Waals surface area contributed by atoms with Gasteiger partial charge in [-0.3, -0.25) is 9.37 Å². The van der Waals surface area contributed by atoms with E-state index in [9.17, 15) is 4.79 Å². The van der Waals surface area contributed by atoms with Crippen LogP contribution in [0.25, 0.3) is 0 Å². The Morgan fingerprint density at radius 3 is 2.24 bits per heavy atom. The molecule has 1 aliphatic rings. The lowest BCUT2D eigenvalue weighted by atomic mass is 10.2. The maximum absolute atomic E-state index is 12.0. The minimum absolute atomic E-state index is 0.176. The lowest BCUT2D eigenvalue weighted by molar-refractivity contribution is -0.518. The first-order valence-electron chi connectivity index (χ1n) is 12.9. The number of halogens is 1. The Kier molecular flexibility index (Phi) is 10.5. The molecule has 0 bridgehead atoms. The first kappa shape index (κ1) is 29.1. The molecule has 0 atom stereocenters. The van der Waals surface area contributed by atoms with Crippen LogP contribution in [0.1, 0.15) is 53.3 Å². The van der Waals surface area contributed by atoms with Crippen molar-refractivity contribution in [1.29, 1.82) is 0 Å². The highest BCUT2D eigenvalue weighted by Gasteiger charge is 2.37. The molecule has 0 unspecified atom stereocenters. The van der Waals surface area contributed by atoms with Crippen molar-refractivity contribution in [3.8, 4) is 0 Å². The number of rotatable bonds is 11. The summed E-state index contributed by atoms with van der Waals surface area (Å²) in [6.45, 7) is 19.2. The van der Waals surface area contributed by atoms with Gasteiger partial charge in [0.1, 0.15) is 4.88 Å². The van der Waals surface area contributed by atoms with Gasteiger partial charge in [0.05, 0.1) is 23.8 Å². The second-order valence-corrected chi connectivity index (χ2v) is 10.6. The summed E-state index contributed by atoms with van der Waals surface area (Å²) in [5.41, 5.74) is 2.46. The van der Waals surface area contributed by atoms with Gasteiger partial charge in [0.2, 0.25) is 11.6 Å². The average Bonchev–Trinajstić information content (AvgIpc) is 3.47. The quantitative estimate of drug-likeness (QED) is 0.334. The molecule has 200 valence electrons. The van der Waals surface area contributed by atoms with Crippen molar-refractivity contribution < 1.29 is 9.37 Å². The fourth-order valence-electron chi connectivity index (χ4n) is 3.99. The Labute approximate surface area is 233 Å². The highest BCUT2D eigenvalue weighted by molar-refractivity contribution is 8.28. The molecule has 1 N–H and O–H groups in total. The van der Waals surface area contributed by atoms with Crippen LogP contribution < -0.4 is 15.1 Å². The van der Waals surface area contributed by atoms with Gasteiger partial charge >= 0.3 is 5.17 Å². The third-order valence-electron chi connectivity index (χ3n) is 6.07. The molecule has 0 fully saturated rings. The lowest BCUT2D eigenvalue weighted by Gasteiger charge is -2.21. The van der Waals surface area contributed by atoms with Crippen LogP contribution in [0.4, 0.5) is 22.3 Å². The average molecular weight is 563 g/mol. The molecule has 37 heavy (non-hydrogen) atoms. The van der Waals surface area contributed by atoms with E-state index in [1.165, 1.54) is 30.0 Å². The van der Waals surface area contributed by atoms with E-state index in [2.05, 4.69) is 67.3 Å². The number of anilines is 3. The van der Waals surface area contributed by atoms with E-state index in [0.717, 1.165) is 65.2 Å². The number of benzene rings is 1. The smallest absolute Gasteiger partial charge is 0.361 e. The van der Waals surface area contributed by atoms with Crippen LogP contribution in [-0.4, -0.2) is 70.7 Å². The van der Waals surface area contributed by atoms with Crippen molar-refractivity contribution in [3.05, 3.63) is 28.1 Å². The maximum atomic E-state index is 12.0. The summed E-state index contributed by atoms with van der Waals surface area (Å²) in [6.07, 6.45) is 0. The number of amidine groups is 1. The number of carbonyl (C=O) groups excluding carboxylic acids is 1. The van der Waals surface area contributed by atoms with Gasteiger partial charge < -0.3 is 15.1 Å². The van der Waals surface area contributed by atoms with Crippen molar-refractivity contribution in [2.75, 3.05) is 54.4 Å². The Morgan fingerprint density at radius 1 is 1.05 bits per heavy atom. The fraction of sp³-hybridized carbons (Fsp3) is 0.500. The molecule has 1 aromatic carbocycles. The summed E-state index contributed by atoms with van der Waals surface area (Å²) >= 11 is 9.77. The van der Waals surface area contributed by atoms with E-state index < -0.39 is 0 Å². The van der Waals surface area contributed by atoms with Gasteiger partial charge in [-0.05, 0) is 64.7 Å². The number of thioether (sulfide) groups is 1. The number of nitrogens with one attached hydrogen (secondary N) is 1. The molecule has 11 heteroatoms. The highest BCUT2D eigenvalue weighted by Crippen LogP contribution is 2.37. The Hall–Kier alpha value is -2.43. The van der Waals surface area contributed by atoms with Gasteiger partial charge in [0, 0.05) is 50.6 Å². The minimum Gasteiger partial charge on any atom is -0.372 e. The van der Waals surface area contributed by atoms with Gasteiger partial charge in [-0.15, -0.1) is 0 Å². The molecule has 1 aliphatic heterocycles. The molecule has 2 heterocycles. The molecule has 0 radical (unpaired) electrons. The third kappa shape index (κ3) is 6.72. The normalized spacial score (nSPS) is 14.2. The van der Waals surface area contributed by atoms with Crippen molar-refractivity contribution in [1.82, 2.24) is 4.98 Å². The maximum Gasteiger partial charge on any atom is 0.361 e. The van der Waals surface area contributed by atoms with Gasteiger partial charge in [-0.1, -0.05) is 22.9 Å². The van der Waals surface area contributed by atoms with E-state index in [1.807, 2.05) is 12.1 Å². The molecular formula is C26H37ClN7OS2+. The standard InChI is InChI=1S/C26H36ClN7OS2/c1-8-32(9-2)18-14-15-20(19(27)16-18)29-24-21(30-25(37-24)33(10-3)11-4)22-23(28-17(7)35)31-26(36-22)34(12-5)13-6/h14-16H,8-13H2,1-7H3/p+1. The van der Waals surface area contributed by atoms with Crippen LogP contribution in [0, 0.1) is 0 Å². The predicted octanol–water partition coefficient (Wildman–Crippen LogP) is 6.12. The molecule has 8 nitrogen and oxygen atoms in total. The fourth-order valence-corrected chi connectivity index (χ4v) is 6.49. The topological polar surface area (TPSA) is 76.2 Å². The Morgan fingerprint density at radius 2 is 1.70 bits per heavy atom. The van der Waals surface area contributed by atoms with E-state index in [4.69, 9.17) is 26.6 Å². The first-order chi connectivity index (χ1) is 17.8. The van der Waals surface area contributed by atoms with Crippen LogP contribution in [0.3, 0.4) is 0 Å². The highest BCUT2D eigenvalue weighted by atomic mass is 35.5. The monoisotopic (exact) mass is 562 g/mol. The molecule has 0 spiro atoms. The Balaban J connectivity index is 2.16. The van der Waals surface area contributed by atoms with E-state index >= 15 is 0 Å². The first-order valence-corrected chi connectivity index (χ1v) is 14.9. The predicted molar refractivity (Wildman–Crippen MR) is 163 cm³/mol. The van der Waals surface area contributed by atoms with Gasteiger partial charge in [-0.25, -0.2) is 9.98 Å². The SMILES string of the molecule is CCN(CC)c1ccc(N=C2SC(=[N+](CC)CC)N=C2c2sc(N(CC)CC)nc2NC(C)=O)c(Cl)c1. The van der Waals surface area contributed by atoms with Crippen LogP contribution in [0.5, 0.6) is 0 Å². The van der Waals surface area contributed by atoms with Crippen molar-refractivity contribution in [2.45, 2.75) is 48.5 Å². The van der Waals surface area contributed by atoms with Gasteiger partial charge in [0.15, 0.2) is 16.0 Å². The number of nitrogens with zero attached hydrogens (tertiary/aromatic N) is 6. The molecule has 1 aromatic heterocycles. The third-order valence-corrected chi connectivity index (χ3v) is 8.51. The molecule has 0 saturated heterocycles. The number of thiazole rings is 1. The number of aromatic nitrogens is 1. The molecule has 0 saturated carbocycles. The zero-order chi connectivity index (χ0) is 27.1. The van der Waals surface area contributed by atoms with Crippen LogP contribution in [0.2, 0.25) is 5.02 Å². The molecule has 3 rings (SSSR count). The molecule has 1 amide bonds. The van der Waals surface area contributed by atoms with Gasteiger partial charge in [0.25, 0.3) is 0 Å². The summed E-state index contributed by atoms with van der Waals surface area (Å²) in [5.74, 6) is 0.334. The van der Waals surface area contributed by atoms with Crippen LogP contribution in [-0.2, 0) is 4.79 Å². The van der Waals surface area contributed by atoms with Crippen molar-refractivity contribution in [3.63, 3.8) is 0 Å². The van der Waals surface area contributed by atoms with Crippen molar-refractivity contribution >= 4 is 78.9 Å². The van der Waals surface area contributed by atoms with Crippen LogP contribution >= 0.6 is 34.7 Å². The molecule has 2 aromatic rings. The number of aliphatic imine (C=N–C) groups is 2. The number of hydrogen-bond acceptors (Lipinski definition) is 7. The minimum atomic E-state index is -0.176. The zero-order valence-electron chi connectivity index (χ0n) is 22.8. The molecular weight excluding hydrogens is 526 g/mol. The second kappa shape index (κ2) is 13.4.